The van der Waals surface area contributed by atoms with Gasteiger partial charge in [-0.05, 0) is 19.6 Å². The maximum absolute atomic E-state index is 3.82. The van der Waals surface area contributed by atoms with Crippen LogP contribution in [0.1, 0.15) is 20.8 Å². The molecule has 0 atom stereocenters. The van der Waals surface area contributed by atoms with Crippen LogP contribution in [-0.4, -0.2) is 36.6 Å². The van der Waals surface area contributed by atoms with Crippen LogP contribution in [0.2, 0.25) is 19.6 Å². The molecule has 15 heavy (non-hydrogen) atoms. The lowest BCUT2D eigenvalue weighted by atomic mass is 10.8. The minimum atomic E-state index is -1.87. The second-order valence-corrected chi connectivity index (χ2v) is 12.8. The van der Waals surface area contributed by atoms with Gasteiger partial charge < -0.3 is 19.6 Å². The third-order valence-electron chi connectivity index (χ3n) is 1.89. The van der Waals surface area contributed by atoms with Crippen molar-refractivity contribution in [3.63, 3.8) is 0 Å². The highest BCUT2D eigenvalue weighted by atomic mass is 28.4. The Morgan fingerprint density at radius 2 is 1.07 bits per heavy atom. The molecule has 0 aliphatic rings. The summed E-state index contributed by atoms with van der Waals surface area (Å²) >= 11 is 0. The molecule has 0 aromatic heterocycles. The molecule has 0 saturated carbocycles. The second kappa shape index (κ2) is 6.77. The van der Waals surface area contributed by atoms with Crippen molar-refractivity contribution in [1.82, 2.24) is 19.6 Å². The van der Waals surface area contributed by atoms with E-state index >= 15 is 0 Å². The fourth-order valence-electron chi connectivity index (χ4n) is 1.68. The van der Waals surface area contributed by atoms with E-state index in [4.69, 9.17) is 0 Å². The first-order valence-corrected chi connectivity index (χ1v) is 11.4. The van der Waals surface area contributed by atoms with Crippen LogP contribution in [0, 0.1) is 0 Å². The van der Waals surface area contributed by atoms with E-state index in [1.165, 1.54) is 0 Å². The van der Waals surface area contributed by atoms with Crippen LogP contribution >= 0.6 is 0 Å². The van der Waals surface area contributed by atoms with Gasteiger partial charge in [-0.2, -0.15) is 0 Å². The summed E-state index contributed by atoms with van der Waals surface area (Å²) in [6, 6.07) is 0. The molecule has 0 amide bonds. The molecule has 0 rings (SSSR count). The van der Waals surface area contributed by atoms with E-state index < -0.39 is 17.0 Å². The zero-order valence-electron chi connectivity index (χ0n) is 11.1. The van der Waals surface area contributed by atoms with E-state index in [-0.39, 0.29) is 0 Å². The van der Waals surface area contributed by atoms with E-state index in [1.807, 2.05) is 0 Å². The van der Waals surface area contributed by atoms with Gasteiger partial charge in [0.2, 0.25) is 0 Å². The average molecular weight is 249 g/mol. The molecule has 0 aromatic rings. The first-order valence-electron chi connectivity index (χ1n) is 5.93. The molecule has 0 heterocycles. The lowest BCUT2D eigenvalue weighted by Gasteiger charge is -2.38. The molecule has 0 unspecified atom stereocenters. The Labute approximate surface area is 97.0 Å². The van der Waals surface area contributed by atoms with Crippen LogP contribution in [0.15, 0.2) is 0 Å². The first kappa shape index (κ1) is 15.3. The van der Waals surface area contributed by atoms with Gasteiger partial charge in [0, 0.05) is 0 Å². The van der Waals surface area contributed by atoms with Gasteiger partial charge in [-0.15, -0.1) is 0 Å². The number of hydrogen-bond acceptors (Lipinski definition) is 4. The lowest BCUT2D eigenvalue weighted by Crippen LogP contribution is -2.84. The molecule has 0 spiro atoms. The van der Waals surface area contributed by atoms with Crippen LogP contribution in [0.3, 0.4) is 0 Å². The normalized spacial score (nSPS) is 13.2. The van der Waals surface area contributed by atoms with Crippen LogP contribution < -0.4 is 19.6 Å². The van der Waals surface area contributed by atoms with Crippen molar-refractivity contribution in [2.24, 2.45) is 0 Å². The van der Waals surface area contributed by atoms with Gasteiger partial charge in [-0.25, -0.2) is 0 Å². The molecule has 0 saturated heterocycles. The van der Waals surface area contributed by atoms with E-state index in [9.17, 15) is 0 Å². The Morgan fingerprint density at radius 3 is 1.27 bits per heavy atom. The van der Waals surface area contributed by atoms with Crippen molar-refractivity contribution in [1.29, 1.82) is 0 Å². The average Bonchev–Trinajstić information content (AvgIpc) is 2.01. The zero-order valence-corrected chi connectivity index (χ0v) is 13.1. The highest BCUT2D eigenvalue weighted by Gasteiger charge is 2.36. The molecule has 0 aliphatic heterocycles. The summed E-state index contributed by atoms with van der Waals surface area (Å²) in [5, 5.41) is 0. The van der Waals surface area contributed by atoms with Crippen molar-refractivity contribution in [2.45, 2.75) is 40.4 Å². The summed E-state index contributed by atoms with van der Waals surface area (Å²) in [5.41, 5.74) is 0. The summed E-state index contributed by atoms with van der Waals surface area (Å²) < 4.78 is 3.82. The van der Waals surface area contributed by atoms with E-state index in [0.717, 1.165) is 19.6 Å². The highest BCUT2D eigenvalue weighted by molar-refractivity contribution is 6.88. The van der Waals surface area contributed by atoms with Gasteiger partial charge in [0.25, 0.3) is 0 Å². The van der Waals surface area contributed by atoms with Crippen molar-refractivity contribution in [3.8, 4) is 0 Å². The molecular weight excluding hydrogens is 220 g/mol. The Balaban J connectivity index is 4.60. The molecule has 4 nitrogen and oxygen atoms in total. The van der Waals surface area contributed by atoms with Crippen molar-refractivity contribution in [2.75, 3.05) is 19.6 Å². The van der Waals surface area contributed by atoms with Gasteiger partial charge in [0.15, 0.2) is 0 Å². The maximum Gasteiger partial charge on any atom is 0.359 e. The Kier molecular flexibility index (Phi) is 6.89. The molecule has 0 radical (unpaired) electrons. The fourth-order valence-corrected chi connectivity index (χ4v) is 9.20. The van der Waals surface area contributed by atoms with Crippen molar-refractivity contribution >= 4 is 17.0 Å². The monoisotopic (exact) mass is 248 g/mol. The smallest absolute Gasteiger partial charge is 0.322 e. The van der Waals surface area contributed by atoms with E-state index in [0.29, 0.717) is 0 Å². The fraction of sp³-hybridized carbons (Fsp3) is 1.00. The molecule has 6 heteroatoms. The quantitative estimate of drug-likeness (QED) is 0.477. The summed E-state index contributed by atoms with van der Waals surface area (Å²) in [5.74, 6) is 0. The van der Waals surface area contributed by atoms with Crippen LogP contribution in [0.25, 0.3) is 0 Å². The van der Waals surface area contributed by atoms with Crippen LogP contribution in [-0.2, 0) is 0 Å². The van der Waals surface area contributed by atoms with Crippen molar-refractivity contribution < 1.29 is 0 Å². The summed E-state index contributed by atoms with van der Waals surface area (Å²) in [6.07, 6.45) is 0. The third-order valence-corrected chi connectivity index (χ3v) is 9.04. The summed E-state index contributed by atoms with van der Waals surface area (Å²) in [6.45, 7) is 16.4. The van der Waals surface area contributed by atoms with Gasteiger partial charge in [-0.1, -0.05) is 40.4 Å². The summed E-state index contributed by atoms with van der Waals surface area (Å²) in [4.78, 5) is 10.8. The number of nitrogens with one attached hydrogen (secondary N) is 4. The molecule has 0 fully saturated rings. The number of rotatable bonds is 8. The predicted molar refractivity (Wildman–Crippen MR) is 73.3 cm³/mol. The standard InChI is InChI=1S/C9H28N4Si2/c1-7-10-15(11-8-2,12-9-3)13-14(4,5)6/h10-13H,7-9H2,1-6H3. The molecule has 0 aromatic carbocycles. The third kappa shape index (κ3) is 6.44. The molecule has 92 valence electrons. The molecular formula is C9H28N4Si2. The molecule has 0 bridgehead atoms. The maximum atomic E-state index is 3.82. The van der Waals surface area contributed by atoms with Crippen LogP contribution in [0.5, 0.6) is 0 Å². The second-order valence-electron chi connectivity index (χ2n) is 4.72. The van der Waals surface area contributed by atoms with Gasteiger partial charge >= 0.3 is 8.72 Å². The first-order chi connectivity index (χ1) is 6.89. The molecule has 0 aliphatic carbocycles. The Morgan fingerprint density at radius 1 is 0.733 bits per heavy atom. The van der Waals surface area contributed by atoms with Gasteiger partial charge in [-0.3, -0.25) is 0 Å². The zero-order chi connectivity index (χ0) is 11.9. The largest absolute Gasteiger partial charge is 0.359 e. The highest BCUT2D eigenvalue weighted by Crippen LogP contribution is 1.98. The topological polar surface area (TPSA) is 48.1 Å². The number of hydrogen-bond donors (Lipinski definition) is 4. The molecule has 4 N–H and O–H groups in total. The van der Waals surface area contributed by atoms with Gasteiger partial charge in [0.1, 0.15) is 8.24 Å². The summed E-state index contributed by atoms with van der Waals surface area (Å²) in [7, 11) is -3.15. The minimum Gasteiger partial charge on any atom is -0.322 e. The lowest BCUT2D eigenvalue weighted by molar-refractivity contribution is 0.750. The van der Waals surface area contributed by atoms with E-state index in [2.05, 4.69) is 60.0 Å². The SMILES string of the molecule is CCN[Si](NCC)(NCC)N[Si](C)(C)C. The minimum absolute atomic E-state index is 0.990. The van der Waals surface area contributed by atoms with Crippen molar-refractivity contribution in [3.05, 3.63) is 0 Å². The van der Waals surface area contributed by atoms with E-state index in [1.54, 1.807) is 0 Å². The Hall–Kier alpha value is 0.274. The Bertz CT molecular complexity index is 153. The predicted octanol–water partition coefficient (Wildman–Crippen LogP) is 0.675. The van der Waals surface area contributed by atoms with Crippen LogP contribution in [0.4, 0.5) is 0 Å². The van der Waals surface area contributed by atoms with Gasteiger partial charge in [0.05, 0.1) is 0 Å².